The Bertz CT molecular complexity index is 886. The average Bonchev–Trinajstić information content (AvgIpc) is 3.05. The Balaban J connectivity index is 1.58. The third-order valence-electron chi connectivity index (χ3n) is 3.56. The van der Waals surface area contributed by atoms with Crippen LogP contribution in [-0.2, 0) is 24.4 Å². The van der Waals surface area contributed by atoms with Crippen LogP contribution in [0.2, 0.25) is 0 Å². The second-order valence-corrected chi connectivity index (χ2v) is 5.46. The summed E-state index contributed by atoms with van der Waals surface area (Å²) < 4.78 is 5.85. The van der Waals surface area contributed by atoms with Crippen molar-refractivity contribution in [2.24, 2.45) is 0 Å². The monoisotopic (exact) mass is 338 g/mol. The molecule has 7 heteroatoms. The number of carbonyl (C=O) groups excluding carboxylic acids is 1. The summed E-state index contributed by atoms with van der Waals surface area (Å²) in [6, 6.07) is 17.3. The largest absolute Gasteiger partial charge is 0.489 e. The molecule has 0 fully saturated rings. The first-order valence-corrected chi connectivity index (χ1v) is 7.85. The molecule has 0 unspecified atom stereocenters. The van der Waals surface area contributed by atoms with E-state index in [2.05, 4.69) is 20.5 Å². The highest BCUT2D eigenvalue weighted by Gasteiger charge is 2.09. The standard InChI is InChI=1S/C18H18N4O3/c23-17(19-11-16-20-18(24)22-21-16)10-14-8-4-5-9-15(14)25-12-13-6-2-1-3-7-13/h1-9H,10-12H2,(H,19,23)(H2,20,21,22,24). The Morgan fingerprint density at radius 2 is 1.84 bits per heavy atom. The summed E-state index contributed by atoms with van der Waals surface area (Å²) in [5.41, 5.74) is 1.46. The average molecular weight is 338 g/mol. The smallest absolute Gasteiger partial charge is 0.340 e. The zero-order chi connectivity index (χ0) is 17.5. The van der Waals surface area contributed by atoms with Crippen LogP contribution in [0.25, 0.3) is 0 Å². The predicted molar refractivity (Wildman–Crippen MR) is 92.0 cm³/mol. The second-order valence-electron chi connectivity index (χ2n) is 5.46. The lowest BCUT2D eigenvalue weighted by molar-refractivity contribution is -0.120. The number of aromatic nitrogens is 3. The van der Waals surface area contributed by atoms with Crippen molar-refractivity contribution in [1.29, 1.82) is 0 Å². The molecule has 1 amide bonds. The van der Waals surface area contributed by atoms with Gasteiger partial charge in [-0.1, -0.05) is 48.5 Å². The van der Waals surface area contributed by atoms with E-state index in [0.717, 1.165) is 11.1 Å². The van der Waals surface area contributed by atoms with E-state index < -0.39 is 5.69 Å². The molecule has 3 rings (SSSR count). The summed E-state index contributed by atoms with van der Waals surface area (Å²) in [6.45, 7) is 0.596. The SMILES string of the molecule is O=C(Cc1ccccc1OCc1ccccc1)NCc1n[nH]c(=O)[nH]1. The van der Waals surface area contributed by atoms with Crippen LogP contribution in [0.1, 0.15) is 17.0 Å². The van der Waals surface area contributed by atoms with Gasteiger partial charge >= 0.3 is 5.69 Å². The molecule has 0 saturated heterocycles. The predicted octanol–water partition coefficient (Wildman–Crippen LogP) is 1.54. The molecule has 25 heavy (non-hydrogen) atoms. The van der Waals surface area contributed by atoms with Crippen LogP contribution in [0.15, 0.2) is 59.4 Å². The van der Waals surface area contributed by atoms with Gasteiger partial charge in [0.25, 0.3) is 0 Å². The highest BCUT2D eigenvalue weighted by atomic mass is 16.5. The number of amides is 1. The van der Waals surface area contributed by atoms with Gasteiger partial charge in [0.2, 0.25) is 5.91 Å². The van der Waals surface area contributed by atoms with Crippen molar-refractivity contribution in [2.45, 2.75) is 19.6 Å². The molecule has 1 heterocycles. The zero-order valence-electron chi connectivity index (χ0n) is 13.5. The van der Waals surface area contributed by atoms with Gasteiger partial charge in [-0.05, 0) is 11.6 Å². The lowest BCUT2D eigenvalue weighted by Crippen LogP contribution is -2.25. The highest BCUT2D eigenvalue weighted by Crippen LogP contribution is 2.20. The number of nitrogens with one attached hydrogen (secondary N) is 3. The van der Waals surface area contributed by atoms with Crippen LogP contribution < -0.4 is 15.7 Å². The van der Waals surface area contributed by atoms with Gasteiger partial charge in [0.15, 0.2) is 0 Å². The zero-order valence-corrected chi connectivity index (χ0v) is 13.5. The van der Waals surface area contributed by atoms with Crippen molar-refractivity contribution in [1.82, 2.24) is 20.5 Å². The van der Waals surface area contributed by atoms with Gasteiger partial charge in [0.1, 0.15) is 18.2 Å². The lowest BCUT2D eigenvalue weighted by atomic mass is 10.1. The summed E-state index contributed by atoms with van der Waals surface area (Å²) >= 11 is 0. The van der Waals surface area contributed by atoms with Crippen molar-refractivity contribution >= 4 is 5.91 Å². The summed E-state index contributed by atoms with van der Waals surface area (Å²) in [5.74, 6) is 0.876. The second kappa shape index (κ2) is 7.96. The van der Waals surface area contributed by atoms with Crippen LogP contribution >= 0.6 is 0 Å². The first kappa shape index (κ1) is 16.5. The molecule has 7 nitrogen and oxygen atoms in total. The van der Waals surface area contributed by atoms with E-state index >= 15 is 0 Å². The minimum absolute atomic E-state index is 0.157. The van der Waals surface area contributed by atoms with Crippen molar-refractivity contribution in [3.63, 3.8) is 0 Å². The quantitative estimate of drug-likeness (QED) is 0.608. The van der Waals surface area contributed by atoms with E-state index in [9.17, 15) is 9.59 Å². The van der Waals surface area contributed by atoms with Crippen LogP contribution in [-0.4, -0.2) is 21.1 Å². The fourth-order valence-electron chi connectivity index (χ4n) is 2.33. The molecular formula is C18H18N4O3. The van der Waals surface area contributed by atoms with Gasteiger partial charge in [0, 0.05) is 5.56 Å². The number of hydrogen-bond acceptors (Lipinski definition) is 4. The minimum atomic E-state index is -0.399. The molecule has 1 aromatic heterocycles. The van der Waals surface area contributed by atoms with Crippen LogP contribution in [0, 0.1) is 0 Å². The molecule has 0 radical (unpaired) electrons. The molecule has 3 N–H and O–H groups in total. The number of aromatic amines is 2. The number of ether oxygens (including phenoxy) is 1. The fraction of sp³-hybridized carbons (Fsp3) is 0.167. The van der Waals surface area contributed by atoms with Gasteiger partial charge < -0.3 is 10.1 Å². The van der Waals surface area contributed by atoms with Crippen molar-refractivity contribution in [3.05, 3.63) is 82.0 Å². The summed E-state index contributed by atoms with van der Waals surface area (Å²) in [4.78, 5) is 25.6. The molecule has 3 aromatic rings. The maximum absolute atomic E-state index is 12.1. The number of hydrogen-bond donors (Lipinski definition) is 3. The Labute approximate surface area is 144 Å². The molecule has 0 aliphatic carbocycles. The third kappa shape index (κ3) is 4.81. The molecule has 0 saturated carbocycles. The Hall–Kier alpha value is -3.35. The van der Waals surface area contributed by atoms with Crippen LogP contribution in [0.3, 0.4) is 0 Å². The maximum Gasteiger partial charge on any atom is 0.340 e. The van der Waals surface area contributed by atoms with E-state index in [1.54, 1.807) is 0 Å². The molecule has 0 aliphatic heterocycles. The minimum Gasteiger partial charge on any atom is -0.489 e. The molecule has 2 aromatic carbocycles. The van der Waals surface area contributed by atoms with Crippen molar-refractivity contribution < 1.29 is 9.53 Å². The molecule has 0 bridgehead atoms. The normalized spacial score (nSPS) is 10.4. The van der Waals surface area contributed by atoms with Gasteiger partial charge in [-0.3, -0.25) is 9.78 Å². The van der Waals surface area contributed by atoms with Gasteiger partial charge in [0.05, 0.1) is 13.0 Å². The maximum atomic E-state index is 12.1. The summed E-state index contributed by atoms with van der Waals surface area (Å²) in [5, 5.41) is 8.71. The van der Waals surface area contributed by atoms with Crippen molar-refractivity contribution in [2.75, 3.05) is 0 Å². The number of H-pyrrole nitrogens is 2. The van der Waals surface area contributed by atoms with E-state index in [4.69, 9.17) is 4.74 Å². The summed E-state index contributed by atoms with van der Waals surface area (Å²) in [7, 11) is 0. The van der Waals surface area contributed by atoms with E-state index in [1.807, 2.05) is 54.6 Å². The van der Waals surface area contributed by atoms with E-state index in [1.165, 1.54) is 0 Å². The van der Waals surface area contributed by atoms with E-state index in [0.29, 0.717) is 18.2 Å². The molecule has 0 spiro atoms. The molecular weight excluding hydrogens is 320 g/mol. The molecule has 0 aliphatic rings. The van der Waals surface area contributed by atoms with Crippen molar-refractivity contribution in [3.8, 4) is 5.75 Å². The van der Waals surface area contributed by atoms with Crippen LogP contribution in [0.5, 0.6) is 5.75 Å². The van der Waals surface area contributed by atoms with Gasteiger partial charge in [-0.2, -0.15) is 5.10 Å². The first-order valence-electron chi connectivity index (χ1n) is 7.85. The molecule has 128 valence electrons. The van der Waals surface area contributed by atoms with E-state index in [-0.39, 0.29) is 18.9 Å². The summed E-state index contributed by atoms with van der Waals surface area (Å²) in [6.07, 6.45) is 0.180. The van der Waals surface area contributed by atoms with Crippen LogP contribution in [0.4, 0.5) is 0 Å². The Morgan fingerprint density at radius 3 is 2.60 bits per heavy atom. The fourth-order valence-corrected chi connectivity index (χ4v) is 2.33. The third-order valence-corrected chi connectivity index (χ3v) is 3.56. The first-order chi connectivity index (χ1) is 12.2. The number of para-hydroxylation sites is 1. The number of carbonyl (C=O) groups is 1. The Kier molecular flexibility index (Phi) is 5.26. The van der Waals surface area contributed by atoms with Gasteiger partial charge in [-0.25, -0.2) is 9.89 Å². The lowest BCUT2D eigenvalue weighted by Gasteiger charge is -2.11. The topological polar surface area (TPSA) is 99.9 Å². The number of nitrogens with zero attached hydrogens (tertiary/aromatic N) is 1. The Morgan fingerprint density at radius 1 is 1.08 bits per heavy atom. The van der Waals surface area contributed by atoms with Gasteiger partial charge in [-0.15, -0.1) is 0 Å². The molecule has 0 atom stereocenters. The number of benzene rings is 2. The highest BCUT2D eigenvalue weighted by molar-refractivity contribution is 5.79. The number of rotatable bonds is 7.